The second-order valence-corrected chi connectivity index (χ2v) is 7.19. The van der Waals surface area contributed by atoms with Crippen LogP contribution in [0.3, 0.4) is 0 Å². The number of nitrogens with zero attached hydrogens (tertiary/aromatic N) is 1. The second kappa shape index (κ2) is 6.72. The normalized spacial score (nSPS) is 16.5. The molecule has 1 aromatic rings. The maximum absolute atomic E-state index is 13.9. The van der Waals surface area contributed by atoms with Gasteiger partial charge in [0.1, 0.15) is 10.7 Å². The monoisotopic (exact) mass is 315 g/mol. The molecule has 0 aromatic heterocycles. The van der Waals surface area contributed by atoms with Crippen molar-refractivity contribution < 1.29 is 12.8 Å². The average Bonchev–Trinajstić information content (AvgIpc) is 2.92. The van der Waals surface area contributed by atoms with Crippen LogP contribution in [0.4, 0.5) is 10.1 Å². The molecule has 1 saturated heterocycles. The summed E-state index contributed by atoms with van der Waals surface area (Å²) in [6.45, 7) is 4.82. The lowest BCUT2D eigenvalue weighted by Gasteiger charge is -2.15. The molecular weight excluding hydrogens is 293 g/mol. The minimum Gasteiger partial charge on any atom is -0.399 e. The van der Waals surface area contributed by atoms with E-state index in [9.17, 15) is 12.8 Å². The summed E-state index contributed by atoms with van der Waals surface area (Å²) in [5.74, 6) is -0.740. The number of nitrogens with two attached hydrogens (primary N) is 1. The molecule has 118 valence electrons. The van der Waals surface area contributed by atoms with Gasteiger partial charge in [0.2, 0.25) is 10.0 Å². The van der Waals surface area contributed by atoms with Crippen molar-refractivity contribution in [3.8, 4) is 0 Å². The number of benzene rings is 1. The molecule has 0 saturated carbocycles. The Balaban J connectivity index is 1.95. The molecule has 1 aromatic carbocycles. The highest BCUT2D eigenvalue weighted by atomic mass is 32.2. The predicted octanol–water partition coefficient (Wildman–Crippen LogP) is 1.48. The summed E-state index contributed by atoms with van der Waals surface area (Å²) in [7, 11) is -3.86. The van der Waals surface area contributed by atoms with Crippen LogP contribution in [0.25, 0.3) is 0 Å². The van der Waals surface area contributed by atoms with Gasteiger partial charge in [0, 0.05) is 12.2 Å². The van der Waals surface area contributed by atoms with Crippen LogP contribution in [0, 0.1) is 12.7 Å². The van der Waals surface area contributed by atoms with E-state index in [1.54, 1.807) is 0 Å². The van der Waals surface area contributed by atoms with Crippen LogP contribution in [-0.4, -0.2) is 39.5 Å². The Morgan fingerprint density at radius 3 is 2.67 bits per heavy atom. The number of anilines is 1. The summed E-state index contributed by atoms with van der Waals surface area (Å²) in [6.07, 6.45) is 3.13. The van der Waals surface area contributed by atoms with E-state index in [-0.39, 0.29) is 16.1 Å². The van der Waals surface area contributed by atoms with E-state index in [1.165, 1.54) is 25.8 Å². The largest absolute Gasteiger partial charge is 0.399 e. The molecule has 1 aliphatic rings. The number of nitrogen functional groups attached to an aromatic ring is 1. The summed E-state index contributed by atoms with van der Waals surface area (Å²) in [5, 5.41) is 0. The minimum absolute atomic E-state index is 0.229. The van der Waals surface area contributed by atoms with Gasteiger partial charge in [0.25, 0.3) is 0 Å². The van der Waals surface area contributed by atoms with E-state index in [0.717, 1.165) is 25.7 Å². The van der Waals surface area contributed by atoms with Gasteiger partial charge in [-0.05, 0) is 63.5 Å². The predicted molar refractivity (Wildman–Crippen MR) is 81.0 cm³/mol. The topological polar surface area (TPSA) is 75.4 Å². The molecule has 0 aliphatic carbocycles. The van der Waals surface area contributed by atoms with Crippen LogP contribution < -0.4 is 10.5 Å². The van der Waals surface area contributed by atoms with Crippen molar-refractivity contribution in [2.24, 2.45) is 0 Å². The first-order chi connectivity index (χ1) is 9.90. The number of likely N-dealkylation sites (tertiary alicyclic amines) is 1. The molecule has 0 atom stereocenters. The molecule has 0 spiro atoms. The van der Waals surface area contributed by atoms with Gasteiger partial charge in [-0.2, -0.15) is 0 Å². The highest BCUT2D eigenvalue weighted by molar-refractivity contribution is 7.89. The summed E-state index contributed by atoms with van der Waals surface area (Å²) in [4.78, 5) is 1.93. The summed E-state index contributed by atoms with van der Waals surface area (Å²) in [5.41, 5.74) is 6.07. The zero-order valence-corrected chi connectivity index (χ0v) is 13.0. The zero-order valence-electron chi connectivity index (χ0n) is 12.2. The van der Waals surface area contributed by atoms with Gasteiger partial charge in [0.15, 0.2) is 0 Å². The number of halogens is 1. The molecule has 0 radical (unpaired) electrons. The number of rotatable bonds is 6. The summed E-state index contributed by atoms with van der Waals surface area (Å²) < 4.78 is 40.7. The van der Waals surface area contributed by atoms with E-state index in [1.807, 2.05) is 0 Å². The Kier molecular flexibility index (Phi) is 5.18. The van der Waals surface area contributed by atoms with Crippen molar-refractivity contribution in [2.45, 2.75) is 31.1 Å². The van der Waals surface area contributed by atoms with Crippen LogP contribution >= 0.6 is 0 Å². The molecule has 0 unspecified atom stereocenters. The molecule has 1 aliphatic heterocycles. The van der Waals surface area contributed by atoms with Gasteiger partial charge >= 0.3 is 0 Å². The van der Waals surface area contributed by atoms with Gasteiger partial charge in [-0.15, -0.1) is 0 Å². The lowest BCUT2D eigenvalue weighted by Crippen LogP contribution is -2.29. The third-order valence-electron chi connectivity index (χ3n) is 3.67. The lowest BCUT2D eigenvalue weighted by atomic mass is 10.2. The van der Waals surface area contributed by atoms with Crippen molar-refractivity contribution in [1.82, 2.24) is 9.62 Å². The number of hydrogen-bond donors (Lipinski definition) is 2. The molecule has 0 amide bonds. The zero-order chi connectivity index (χ0) is 15.5. The minimum atomic E-state index is -3.86. The van der Waals surface area contributed by atoms with Crippen molar-refractivity contribution in [1.29, 1.82) is 0 Å². The van der Waals surface area contributed by atoms with Crippen LogP contribution in [0.1, 0.15) is 24.8 Å². The molecule has 3 N–H and O–H groups in total. The van der Waals surface area contributed by atoms with Gasteiger partial charge in [-0.25, -0.2) is 17.5 Å². The van der Waals surface area contributed by atoms with Crippen molar-refractivity contribution in [3.63, 3.8) is 0 Å². The summed E-state index contributed by atoms with van der Waals surface area (Å²) in [6, 6.07) is 2.58. The highest BCUT2D eigenvalue weighted by Crippen LogP contribution is 2.21. The Bertz CT molecular complexity index is 598. The maximum Gasteiger partial charge on any atom is 0.243 e. The van der Waals surface area contributed by atoms with Gasteiger partial charge < -0.3 is 10.6 Å². The summed E-state index contributed by atoms with van der Waals surface area (Å²) >= 11 is 0. The van der Waals surface area contributed by atoms with E-state index in [4.69, 9.17) is 5.73 Å². The Hall–Kier alpha value is -1.18. The molecule has 21 heavy (non-hydrogen) atoms. The lowest BCUT2D eigenvalue weighted by molar-refractivity contribution is 0.334. The first-order valence-electron chi connectivity index (χ1n) is 7.18. The second-order valence-electron chi connectivity index (χ2n) is 5.45. The Labute approximate surface area is 125 Å². The number of nitrogens with one attached hydrogen (secondary N) is 1. The van der Waals surface area contributed by atoms with Crippen LogP contribution in [0.15, 0.2) is 17.0 Å². The fourth-order valence-corrected chi connectivity index (χ4v) is 3.81. The fraction of sp³-hybridized carbons (Fsp3) is 0.571. The molecular formula is C14H22FN3O2S. The van der Waals surface area contributed by atoms with Crippen molar-refractivity contribution >= 4 is 15.7 Å². The van der Waals surface area contributed by atoms with Crippen molar-refractivity contribution in [2.75, 3.05) is 31.9 Å². The first kappa shape index (κ1) is 16.2. The van der Waals surface area contributed by atoms with Crippen LogP contribution in [0.5, 0.6) is 0 Å². The Morgan fingerprint density at radius 2 is 2.00 bits per heavy atom. The van der Waals surface area contributed by atoms with E-state index in [2.05, 4.69) is 9.62 Å². The van der Waals surface area contributed by atoms with Crippen LogP contribution in [-0.2, 0) is 10.0 Å². The average molecular weight is 315 g/mol. The molecule has 2 rings (SSSR count). The number of aryl methyl sites for hydroxylation is 1. The molecule has 0 bridgehead atoms. The molecule has 1 heterocycles. The fourth-order valence-electron chi connectivity index (χ4n) is 2.55. The smallest absolute Gasteiger partial charge is 0.243 e. The molecule has 5 nitrogen and oxygen atoms in total. The molecule has 1 fully saturated rings. The van der Waals surface area contributed by atoms with Gasteiger partial charge in [-0.1, -0.05) is 0 Å². The van der Waals surface area contributed by atoms with Gasteiger partial charge in [-0.3, -0.25) is 0 Å². The van der Waals surface area contributed by atoms with Crippen LogP contribution in [0.2, 0.25) is 0 Å². The number of hydrogen-bond acceptors (Lipinski definition) is 4. The van der Waals surface area contributed by atoms with E-state index in [0.29, 0.717) is 13.0 Å². The maximum atomic E-state index is 13.9. The standard InChI is InChI=1S/C14H22FN3O2S/c1-11-9-12(16)10-13(14(11)15)21(19,20)17-5-4-8-18-6-2-3-7-18/h9-10,17H,2-8,16H2,1H3. The highest BCUT2D eigenvalue weighted by Gasteiger charge is 2.21. The number of sulfonamides is 1. The van der Waals surface area contributed by atoms with Gasteiger partial charge in [0.05, 0.1) is 0 Å². The quantitative estimate of drug-likeness (QED) is 0.616. The SMILES string of the molecule is Cc1cc(N)cc(S(=O)(=O)NCCCN2CCCC2)c1F. The third kappa shape index (κ3) is 4.15. The van der Waals surface area contributed by atoms with Crippen molar-refractivity contribution in [3.05, 3.63) is 23.5 Å². The van der Waals surface area contributed by atoms with E-state index < -0.39 is 15.8 Å². The Morgan fingerprint density at radius 1 is 1.33 bits per heavy atom. The molecule has 7 heteroatoms. The first-order valence-corrected chi connectivity index (χ1v) is 8.66. The van der Waals surface area contributed by atoms with E-state index >= 15 is 0 Å². The third-order valence-corrected chi connectivity index (χ3v) is 5.14.